The van der Waals surface area contributed by atoms with Crippen molar-refractivity contribution in [1.29, 1.82) is 0 Å². The van der Waals surface area contributed by atoms with E-state index in [2.05, 4.69) is 5.32 Å². The molecule has 2 saturated heterocycles. The van der Waals surface area contributed by atoms with Gasteiger partial charge in [0.1, 0.15) is 19.1 Å². The van der Waals surface area contributed by atoms with Gasteiger partial charge in [-0.05, 0) is 36.5 Å². The fraction of sp³-hybridized carbons (Fsp3) is 0.391. The summed E-state index contributed by atoms with van der Waals surface area (Å²) < 4.78 is 33.5. The van der Waals surface area contributed by atoms with Crippen molar-refractivity contribution in [2.75, 3.05) is 30.3 Å². The van der Waals surface area contributed by atoms with Crippen molar-refractivity contribution in [3.8, 4) is 0 Å². The summed E-state index contributed by atoms with van der Waals surface area (Å²) in [6.07, 6.45) is 1.48. The van der Waals surface area contributed by atoms with Crippen LogP contribution in [-0.4, -0.2) is 43.5 Å². The molecule has 0 unspecified atom stereocenters. The van der Waals surface area contributed by atoms with E-state index in [4.69, 9.17) is 4.74 Å². The lowest BCUT2D eigenvalue weighted by Gasteiger charge is -2.30. The average molecular weight is 444 g/mol. The summed E-state index contributed by atoms with van der Waals surface area (Å²) >= 11 is 0. The Morgan fingerprint density at radius 1 is 1.19 bits per heavy atom. The predicted octanol–water partition coefficient (Wildman–Crippen LogP) is 3.85. The van der Waals surface area contributed by atoms with Crippen LogP contribution in [0.4, 0.5) is 14.9 Å². The molecule has 2 aromatic carbocycles. The number of ether oxygens (including phenoxy) is 1. The van der Waals surface area contributed by atoms with E-state index in [1.165, 1.54) is 17.9 Å². The molecule has 1 atom stereocenters. The number of rotatable bonds is 5. The van der Waals surface area contributed by atoms with Crippen LogP contribution in [0.3, 0.4) is 0 Å². The molecule has 4 rings (SSSR count). The Labute approximate surface area is 181 Å². The topological polar surface area (TPSA) is 75.7 Å². The SMILES string of the molecule is CC(=O)NC[C@H]1CN(c2ccc(C3CCP(=O)(c4ccccc4)CC3)c(F)c2)C(=O)O1. The average Bonchev–Trinajstić information content (AvgIpc) is 3.14. The Kier molecular flexibility index (Phi) is 6.15. The Hall–Kier alpha value is -2.66. The molecule has 2 aromatic rings. The summed E-state index contributed by atoms with van der Waals surface area (Å²) in [4.78, 5) is 24.6. The van der Waals surface area contributed by atoms with Gasteiger partial charge in [0.15, 0.2) is 0 Å². The first-order chi connectivity index (χ1) is 14.9. The van der Waals surface area contributed by atoms with Crippen LogP contribution in [0.5, 0.6) is 0 Å². The molecule has 0 aromatic heterocycles. The van der Waals surface area contributed by atoms with Crippen molar-refractivity contribution >= 4 is 30.1 Å². The van der Waals surface area contributed by atoms with Gasteiger partial charge in [-0.25, -0.2) is 9.18 Å². The van der Waals surface area contributed by atoms with Gasteiger partial charge >= 0.3 is 6.09 Å². The van der Waals surface area contributed by atoms with Gasteiger partial charge < -0.3 is 14.6 Å². The third-order valence-electron chi connectivity index (χ3n) is 6.09. The molecule has 2 fully saturated rings. The van der Waals surface area contributed by atoms with Crippen LogP contribution in [0.1, 0.15) is 31.2 Å². The molecular weight excluding hydrogens is 418 g/mol. The zero-order chi connectivity index (χ0) is 22.0. The number of benzene rings is 2. The summed E-state index contributed by atoms with van der Waals surface area (Å²) in [5.74, 6) is -0.552. The number of amides is 2. The highest BCUT2D eigenvalue weighted by atomic mass is 31.2. The molecule has 2 aliphatic heterocycles. The van der Waals surface area contributed by atoms with E-state index in [9.17, 15) is 18.5 Å². The van der Waals surface area contributed by atoms with E-state index in [0.29, 0.717) is 36.4 Å². The number of hydrogen-bond donors (Lipinski definition) is 1. The van der Waals surface area contributed by atoms with Crippen molar-refractivity contribution in [3.05, 3.63) is 59.9 Å². The molecule has 2 amide bonds. The quantitative estimate of drug-likeness (QED) is 0.711. The molecule has 0 saturated carbocycles. The molecule has 6 nitrogen and oxygen atoms in total. The van der Waals surface area contributed by atoms with Crippen LogP contribution in [0, 0.1) is 5.82 Å². The maximum absolute atomic E-state index is 15.0. The Bertz CT molecular complexity index is 1020. The predicted molar refractivity (Wildman–Crippen MR) is 118 cm³/mol. The molecule has 0 aliphatic carbocycles. The number of carbonyl (C=O) groups is 2. The third-order valence-corrected chi connectivity index (χ3v) is 9.29. The molecule has 2 heterocycles. The minimum absolute atomic E-state index is 0.0119. The number of carbonyl (C=O) groups excluding carboxylic acids is 2. The van der Waals surface area contributed by atoms with Crippen molar-refractivity contribution in [3.63, 3.8) is 0 Å². The molecule has 0 spiro atoms. The van der Waals surface area contributed by atoms with Crippen LogP contribution in [0.15, 0.2) is 48.5 Å². The van der Waals surface area contributed by atoms with Gasteiger partial charge in [-0.3, -0.25) is 9.69 Å². The van der Waals surface area contributed by atoms with Crippen LogP contribution >= 0.6 is 7.14 Å². The standard InChI is InChI=1S/C23H26FN2O4P/c1-16(27)25-14-19-15-26(23(28)30-19)18-7-8-21(22(24)13-18)17-9-11-31(29,12-10-17)20-5-3-2-4-6-20/h2-8,13,17,19H,9-12,14-15H2,1H3,(H,25,27)/t17?,19-,31?/m0/s1. The highest BCUT2D eigenvalue weighted by molar-refractivity contribution is 7.71. The van der Waals surface area contributed by atoms with Gasteiger partial charge in [0, 0.05) is 24.6 Å². The van der Waals surface area contributed by atoms with Gasteiger partial charge in [0.2, 0.25) is 5.91 Å². The second-order valence-corrected chi connectivity index (χ2v) is 11.4. The summed E-state index contributed by atoms with van der Waals surface area (Å²) in [6.45, 7) is 1.87. The summed E-state index contributed by atoms with van der Waals surface area (Å²) in [5.41, 5.74) is 1.03. The lowest BCUT2D eigenvalue weighted by Crippen LogP contribution is -2.33. The van der Waals surface area contributed by atoms with Crippen LogP contribution in [0.25, 0.3) is 0 Å². The minimum Gasteiger partial charge on any atom is -0.442 e. The van der Waals surface area contributed by atoms with Gasteiger partial charge in [0.25, 0.3) is 0 Å². The maximum Gasteiger partial charge on any atom is 0.414 e. The molecule has 31 heavy (non-hydrogen) atoms. The second kappa shape index (κ2) is 8.83. The number of anilines is 1. The second-order valence-electron chi connectivity index (χ2n) is 8.21. The molecule has 8 heteroatoms. The van der Waals surface area contributed by atoms with E-state index in [-0.39, 0.29) is 30.7 Å². The Morgan fingerprint density at radius 2 is 1.90 bits per heavy atom. The number of nitrogens with zero attached hydrogens (tertiary/aromatic N) is 1. The lowest BCUT2D eigenvalue weighted by molar-refractivity contribution is -0.119. The maximum atomic E-state index is 15.0. The number of halogens is 1. The van der Waals surface area contributed by atoms with Crippen molar-refractivity contribution in [2.45, 2.75) is 31.8 Å². The zero-order valence-corrected chi connectivity index (χ0v) is 18.3. The molecule has 1 N–H and O–H groups in total. The fourth-order valence-corrected chi connectivity index (χ4v) is 7.28. The monoisotopic (exact) mass is 444 g/mol. The fourth-order valence-electron chi connectivity index (χ4n) is 4.37. The number of cyclic esters (lactones) is 1. The van der Waals surface area contributed by atoms with Crippen LogP contribution in [-0.2, 0) is 14.1 Å². The highest BCUT2D eigenvalue weighted by Crippen LogP contribution is 2.52. The van der Waals surface area contributed by atoms with Gasteiger partial charge in [-0.1, -0.05) is 36.4 Å². The van der Waals surface area contributed by atoms with Crippen molar-refractivity contribution < 1.29 is 23.3 Å². The first kappa shape index (κ1) is 21.6. The summed E-state index contributed by atoms with van der Waals surface area (Å²) in [6, 6.07) is 14.4. The smallest absolute Gasteiger partial charge is 0.414 e. The van der Waals surface area contributed by atoms with E-state index in [1.807, 2.05) is 30.3 Å². The number of nitrogens with one attached hydrogen (secondary N) is 1. The van der Waals surface area contributed by atoms with E-state index in [0.717, 1.165) is 5.30 Å². The van der Waals surface area contributed by atoms with E-state index >= 15 is 0 Å². The lowest BCUT2D eigenvalue weighted by atomic mass is 9.93. The Morgan fingerprint density at radius 3 is 2.55 bits per heavy atom. The first-order valence-electron chi connectivity index (χ1n) is 10.5. The molecule has 0 radical (unpaired) electrons. The highest BCUT2D eigenvalue weighted by Gasteiger charge is 2.35. The van der Waals surface area contributed by atoms with Crippen molar-refractivity contribution in [1.82, 2.24) is 5.32 Å². The molecule has 0 bridgehead atoms. The van der Waals surface area contributed by atoms with Crippen LogP contribution in [0.2, 0.25) is 0 Å². The van der Waals surface area contributed by atoms with Crippen LogP contribution < -0.4 is 15.5 Å². The molecule has 164 valence electrons. The third kappa shape index (κ3) is 4.67. The summed E-state index contributed by atoms with van der Waals surface area (Å²) in [5, 5.41) is 3.53. The van der Waals surface area contributed by atoms with Gasteiger partial charge in [-0.2, -0.15) is 0 Å². The van der Waals surface area contributed by atoms with E-state index in [1.54, 1.807) is 12.1 Å². The largest absolute Gasteiger partial charge is 0.442 e. The summed E-state index contributed by atoms with van der Waals surface area (Å²) in [7, 11) is -2.42. The number of hydrogen-bond acceptors (Lipinski definition) is 4. The van der Waals surface area contributed by atoms with Crippen molar-refractivity contribution in [2.24, 2.45) is 0 Å². The molecular formula is C23H26FN2O4P. The Balaban J connectivity index is 1.42. The van der Waals surface area contributed by atoms with Gasteiger partial charge in [0.05, 0.1) is 18.8 Å². The first-order valence-corrected chi connectivity index (χ1v) is 12.6. The normalized spacial score (nSPS) is 25.9. The van der Waals surface area contributed by atoms with Gasteiger partial charge in [-0.15, -0.1) is 0 Å². The van der Waals surface area contributed by atoms with E-state index < -0.39 is 19.3 Å². The zero-order valence-electron chi connectivity index (χ0n) is 17.4. The molecule has 2 aliphatic rings. The minimum atomic E-state index is -2.42.